The highest BCUT2D eigenvalue weighted by Gasteiger charge is 2.31. The van der Waals surface area contributed by atoms with E-state index in [4.69, 9.17) is 11.6 Å². The van der Waals surface area contributed by atoms with Gasteiger partial charge in [-0.25, -0.2) is 8.42 Å². The van der Waals surface area contributed by atoms with Gasteiger partial charge in [0.15, 0.2) is 0 Å². The van der Waals surface area contributed by atoms with Gasteiger partial charge in [-0.3, -0.25) is 19.4 Å². The Morgan fingerprint density at radius 3 is 1.97 bits per heavy atom. The summed E-state index contributed by atoms with van der Waals surface area (Å²) in [7, 11) is -3.59. The molecule has 2 heterocycles. The summed E-state index contributed by atoms with van der Waals surface area (Å²) in [6.07, 6.45) is 0. The van der Waals surface area contributed by atoms with Gasteiger partial charge in [0.2, 0.25) is 21.8 Å². The minimum Gasteiger partial charge on any atom is -0.353 e. The number of piperazine rings is 2. The van der Waals surface area contributed by atoms with Crippen LogP contribution in [0.5, 0.6) is 0 Å². The lowest BCUT2D eigenvalue weighted by molar-refractivity contribution is -0.134. The summed E-state index contributed by atoms with van der Waals surface area (Å²) >= 11 is 5.85. The van der Waals surface area contributed by atoms with E-state index in [9.17, 15) is 18.0 Å². The Morgan fingerprint density at radius 2 is 1.44 bits per heavy atom. The van der Waals surface area contributed by atoms with Gasteiger partial charge in [-0.15, -0.1) is 0 Å². The fourth-order valence-corrected chi connectivity index (χ4v) is 5.45. The van der Waals surface area contributed by atoms with Gasteiger partial charge in [-0.1, -0.05) is 11.6 Å². The van der Waals surface area contributed by atoms with Crippen molar-refractivity contribution < 1.29 is 18.0 Å². The highest BCUT2D eigenvalue weighted by Crippen LogP contribution is 2.20. The van der Waals surface area contributed by atoms with E-state index < -0.39 is 10.0 Å². The number of hydrogen-bond acceptors (Lipinski definition) is 6. The van der Waals surface area contributed by atoms with Gasteiger partial charge in [0.25, 0.3) is 0 Å². The van der Waals surface area contributed by atoms with E-state index in [1.54, 1.807) is 17.0 Å². The second-order valence-corrected chi connectivity index (χ2v) is 10.9. The molecule has 1 N–H and O–H groups in total. The molecule has 0 aromatic heterocycles. The summed E-state index contributed by atoms with van der Waals surface area (Å²) in [6, 6.07) is 6.25. The van der Waals surface area contributed by atoms with Crippen LogP contribution in [0.2, 0.25) is 5.02 Å². The summed E-state index contributed by atoms with van der Waals surface area (Å²) in [5.41, 5.74) is 0. The lowest BCUT2D eigenvalue weighted by Crippen LogP contribution is -2.55. The van der Waals surface area contributed by atoms with Crippen molar-refractivity contribution in [3.8, 4) is 0 Å². The number of benzene rings is 1. The number of halogens is 1. The summed E-state index contributed by atoms with van der Waals surface area (Å²) in [6.45, 7) is 8.81. The first kappa shape index (κ1) is 24.9. The van der Waals surface area contributed by atoms with Crippen LogP contribution in [0.4, 0.5) is 0 Å². The third kappa shape index (κ3) is 6.64. The topological polar surface area (TPSA) is 93.3 Å². The SMILES string of the molecule is CC(C)NC(=O)CN1CCN(CC(=O)N2CCN(S(=O)(=O)c3ccc(Cl)cc3)CC2)CC1. The minimum absolute atomic E-state index is 0.0135. The fourth-order valence-electron chi connectivity index (χ4n) is 3.90. The maximum Gasteiger partial charge on any atom is 0.243 e. The molecule has 1 aromatic carbocycles. The molecule has 0 unspecified atom stereocenters. The van der Waals surface area contributed by atoms with Crippen LogP contribution >= 0.6 is 11.6 Å². The first-order chi connectivity index (χ1) is 15.1. The average molecular weight is 486 g/mol. The van der Waals surface area contributed by atoms with E-state index >= 15 is 0 Å². The van der Waals surface area contributed by atoms with Crippen molar-refractivity contribution in [3.05, 3.63) is 29.3 Å². The van der Waals surface area contributed by atoms with Gasteiger partial charge in [-0.05, 0) is 38.1 Å². The van der Waals surface area contributed by atoms with Crippen molar-refractivity contribution >= 4 is 33.4 Å². The van der Waals surface area contributed by atoms with E-state index in [2.05, 4.69) is 15.1 Å². The van der Waals surface area contributed by atoms with E-state index in [0.29, 0.717) is 31.2 Å². The normalized spacial score (nSPS) is 19.3. The van der Waals surface area contributed by atoms with Crippen LogP contribution in [-0.2, 0) is 19.6 Å². The van der Waals surface area contributed by atoms with Gasteiger partial charge >= 0.3 is 0 Å². The molecule has 0 atom stereocenters. The molecule has 9 nitrogen and oxygen atoms in total. The second-order valence-electron chi connectivity index (χ2n) is 8.51. The Morgan fingerprint density at radius 1 is 0.906 bits per heavy atom. The Hall–Kier alpha value is -1.72. The predicted molar refractivity (Wildman–Crippen MR) is 123 cm³/mol. The van der Waals surface area contributed by atoms with Crippen LogP contribution < -0.4 is 5.32 Å². The summed E-state index contributed by atoms with van der Waals surface area (Å²) < 4.78 is 27.0. The number of nitrogens with one attached hydrogen (secondary N) is 1. The Balaban J connectivity index is 1.42. The van der Waals surface area contributed by atoms with Crippen LogP contribution in [-0.4, -0.2) is 111 Å². The number of nitrogens with zero attached hydrogens (tertiary/aromatic N) is 4. The number of rotatable bonds is 7. The van der Waals surface area contributed by atoms with E-state index in [0.717, 1.165) is 26.2 Å². The molecule has 2 amide bonds. The molecule has 2 aliphatic rings. The van der Waals surface area contributed by atoms with Gasteiger partial charge in [0, 0.05) is 63.4 Å². The fraction of sp³-hybridized carbons (Fsp3) is 0.619. The van der Waals surface area contributed by atoms with Crippen LogP contribution in [0.25, 0.3) is 0 Å². The monoisotopic (exact) mass is 485 g/mol. The van der Waals surface area contributed by atoms with Gasteiger partial charge in [0.05, 0.1) is 18.0 Å². The highest BCUT2D eigenvalue weighted by atomic mass is 35.5. The summed E-state index contributed by atoms with van der Waals surface area (Å²) in [4.78, 5) is 30.8. The molecule has 11 heteroatoms. The van der Waals surface area contributed by atoms with Crippen LogP contribution in [0.15, 0.2) is 29.2 Å². The van der Waals surface area contributed by atoms with E-state index in [1.165, 1.54) is 16.4 Å². The molecule has 178 valence electrons. The van der Waals surface area contributed by atoms with E-state index in [-0.39, 0.29) is 35.8 Å². The maximum absolute atomic E-state index is 12.8. The lowest BCUT2D eigenvalue weighted by atomic mass is 10.2. The summed E-state index contributed by atoms with van der Waals surface area (Å²) in [5, 5.41) is 3.38. The molecular weight excluding hydrogens is 454 g/mol. The van der Waals surface area contributed by atoms with Crippen molar-refractivity contribution in [1.29, 1.82) is 0 Å². The highest BCUT2D eigenvalue weighted by molar-refractivity contribution is 7.89. The molecule has 0 bridgehead atoms. The Kier molecular flexibility index (Phi) is 8.51. The molecule has 0 radical (unpaired) electrons. The molecule has 0 spiro atoms. The molecule has 0 aliphatic carbocycles. The van der Waals surface area contributed by atoms with Crippen molar-refractivity contribution in [2.45, 2.75) is 24.8 Å². The zero-order chi connectivity index (χ0) is 23.3. The Labute approximate surface area is 195 Å². The molecular formula is C21H32ClN5O4S. The molecule has 3 rings (SSSR count). The zero-order valence-corrected chi connectivity index (χ0v) is 20.2. The maximum atomic E-state index is 12.8. The molecule has 0 saturated carbocycles. The van der Waals surface area contributed by atoms with Crippen molar-refractivity contribution in [2.24, 2.45) is 0 Å². The van der Waals surface area contributed by atoms with Gasteiger partial charge in [-0.2, -0.15) is 4.31 Å². The number of amides is 2. The summed E-state index contributed by atoms with van der Waals surface area (Å²) in [5.74, 6) is 0.0375. The number of sulfonamides is 1. The minimum atomic E-state index is -3.59. The Bertz CT molecular complexity index is 893. The van der Waals surface area contributed by atoms with Crippen LogP contribution in [0.1, 0.15) is 13.8 Å². The largest absolute Gasteiger partial charge is 0.353 e. The molecule has 1 aromatic rings. The predicted octanol–water partition coefficient (Wildman–Crippen LogP) is 0.315. The smallest absolute Gasteiger partial charge is 0.243 e. The van der Waals surface area contributed by atoms with Crippen LogP contribution in [0.3, 0.4) is 0 Å². The lowest BCUT2D eigenvalue weighted by Gasteiger charge is -2.37. The average Bonchev–Trinajstić information content (AvgIpc) is 2.75. The van der Waals surface area contributed by atoms with Crippen molar-refractivity contribution in [2.75, 3.05) is 65.4 Å². The first-order valence-electron chi connectivity index (χ1n) is 10.9. The third-order valence-corrected chi connectivity index (χ3v) is 7.85. The number of hydrogen-bond donors (Lipinski definition) is 1. The van der Waals surface area contributed by atoms with Crippen LogP contribution in [0, 0.1) is 0 Å². The standard InChI is InChI=1S/C21H32ClN5O4S/c1-17(2)23-20(28)15-24-7-9-25(10-8-24)16-21(29)26-11-13-27(14-12-26)32(30,31)19-5-3-18(22)4-6-19/h3-6,17H,7-16H2,1-2H3,(H,23,28). The first-order valence-corrected chi connectivity index (χ1v) is 12.7. The third-order valence-electron chi connectivity index (χ3n) is 5.68. The molecule has 32 heavy (non-hydrogen) atoms. The zero-order valence-electron chi connectivity index (χ0n) is 18.7. The molecule has 2 fully saturated rings. The van der Waals surface area contributed by atoms with Crippen molar-refractivity contribution in [1.82, 2.24) is 24.3 Å². The molecule has 2 saturated heterocycles. The number of carbonyl (C=O) groups is 2. The van der Waals surface area contributed by atoms with Crippen molar-refractivity contribution in [3.63, 3.8) is 0 Å². The second kappa shape index (κ2) is 10.9. The van der Waals surface area contributed by atoms with Gasteiger partial charge < -0.3 is 10.2 Å². The van der Waals surface area contributed by atoms with E-state index in [1.807, 2.05) is 13.8 Å². The quantitative estimate of drug-likeness (QED) is 0.597. The number of carbonyl (C=O) groups excluding carboxylic acids is 2. The molecule has 2 aliphatic heterocycles. The van der Waals surface area contributed by atoms with Gasteiger partial charge in [0.1, 0.15) is 0 Å².